The Balaban J connectivity index is 1.87. The number of imidazole rings is 1. The van der Waals surface area contributed by atoms with E-state index in [1.165, 1.54) is 0 Å². The van der Waals surface area contributed by atoms with E-state index >= 15 is 0 Å². The van der Waals surface area contributed by atoms with Gasteiger partial charge in [0.2, 0.25) is 5.91 Å². The predicted octanol–water partition coefficient (Wildman–Crippen LogP) is 3.80. The number of aryl methyl sites for hydroxylation is 1. The number of hydrogen-bond acceptors (Lipinski definition) is 3. The maximum Gasteiger partial charge on any atom is 0.244 e. The molecule has 1 heterocycles. The third kappa shape index (κ3) is 3.34. The van der Waals surface area contributed by atoms with Crippen molar-refractivity contribution in [2.75, 3.05) is 5.32 Å². The fourth-order valence-corrected chi connectivity index (χ4v) is 2.89. The van der Waals surface area contributed by atoms with Gasteiger partial charge < -0.3 is 15.0 Å². The van der Waals surface area contributed by atoms with E-state index in [1.54, 1.807) is 11.5 Å². The summed E-state index contributed by atoms with van der Waals surface area (Å²) in [5.41, 5.74) is 3.38. The Morgan fingerprint density at radius 1 is 1.33 bits per heavy atom. The number of anilines is 1. The van der Waals surface area contributed by atoms with Gasteiger partial charge in [-0.05, 0) is 49.7 Å². The Morgan fingerprint density at radius 2 is 2.08 bits per heavy atom. The van der Waals surface area contributed by atoms with Crippen LogP contribution in [0.25, 0.3) is 11.0 Å². The van der Waals surface area contributed by atoms with E-state index in [4.69, 9.17) is 0 Å². The van der Waals surface area contributed by atoms with Crippen LogP contribution in [0.1, 0.15) is 24.4 Å². The zero-order valence-electron chi connectivity index (χ0n) is 13.5. The van der Waals surface area contributed by atoms with Crippen molar-refractivity contribution in [1.82, 2.24) is 9.55 Å². The summed E-state index contributed by atoms with van der Waals surface area (Å²) in [4.78, 5) is 16.9. The molecule has 1 unspecified atom stereocenters. The molecular weight excluding hydrogens is 370 g/mol. The molecule has 0 aliphatic rings. The van der Waals surface area contributed by atoms with Crippen LogP contribution in [0.5, 0.6) is 0 Å². The van der Waals surface area contributed by atoms with Crippen LogP contribution < -0.4 is 5.32 Å². The van der Waals surface area contributed by atoms with E-state index in [2.05, 4.69) is 26.2 Å². The van der Waals surface area contributed by atoms with Crippen LogP contribution in [-0.2, 0) is 11.3 Å². The third-order valence-corrected chi connectivity index (χ3v) is 4.69. The molecule has 0 bridgehead atoms. The van der Waals surface area contributed by atoms with Gasteiger partial charge in [0.15, 0.2) is 0 Å². The van der Waals surface area contributed by atoms with Gasteiger partial charge in [0.25, 0.3) is 0 Å². The average molecular weight is 388 g/mol. The molecule has 2 N–H and O–H groups in total. The van der Waals surface area contributed by atoms with Crippen molar-refractivity contribution in [1.29, 1.82) is 0 Å². The average Bonchev–Trinajstić information content (AvgIpc) is 2.90. The molecule has 3 aromatic rings. The molecule has 0 spiro atoms. The minimum absolute atomic E-state index is 0.0931. The van der Waals surface area contributed by atoms with Gasteiger partial charge in [0, 0.05) is 10.2 Å². The molecule has 0 aliphatic carbocycles. The van der Waals surface area contributed by atoms with Crippen LogP contribution in [0.2, 0.25) is 0 Å². The van der Waals surface area contributed by atoms with Gasteiger partial charge in [-0.15, -0.1) is 0 Å². The molecule has 3 rings (SSSR count). The molecule has 2 aromatic carbocycles. The second-order valence-corrected chi connectivity index (χ2v) is 6.59. The second-order valence-electron chi connectivity index (χ2n) is 5.73. The van der Waals surface area contributed by atoms with Crippen molar-refractivity contribution < 1.29 is 9.90 Å². The molecule has 0 radical (unpaired) electrons. The van der Waals surface area contributed by atoms with Gasteiger partial charge in [0.05, 0.1) is 11.0 Å². The standard InChI is InChI=1S/C18H18BrN3O2/c1-11-9-13(7-8-14(11)19)20-17(24)10-22-16-6-4-3-5-15(16)21-18(22)12(2)23/h3-9,12,23H,10H2,1-2H3,(H,20,24). The van der Waals surface area contributed by atoms with E-state index in [1.807, 2.05) is 49.4 Å². The molecule has 0 fully saturated rings. The van der Waals surface area contributed by atoms with Gasteiger partial charge in [0.1, 0.15) is 18.5 Å². The Hall–Kier alpha value is -2.18. The van der Waals surface area contributed by atoms with E-state index in [-0.39, 0.29) is 12.5 Å². The molecule has 6 heteroatoms. The van der Waals surface area contributed by atoms with Gasteiger partial charge in [-0.2, -0.15) is 0 Å². The Labute approximate surface area is 148 Å². The fourth-order valence-electron chi connectivity index (χ4n) is 2.65. The van der Waals surface area contributed by atoms with E-state index in [9.17, 15) is 9.90 Å². The quantitative estimate of drug-likeness (QED) is 0.715. The summed E-state index contributed by atoms with van der Waals surface area (Å²) in [5, 5.41) is 12.8. The van der Waals surface area contributed by atoms with Crippen LogP contribution in [0.3, 0.4) is 0 Å². The molecule has 24 heavy (non-hydrogen) atoms. The summed E-state index contributed by atoms with van der Waals surface area (Å²) in [6, 6.07) is 13.2. The SMILES string of the molecule is Cc1cc(NC(=O)Cn2c(C(C)O)nc3ccccc32)ccc1Br. The van der Waals surface area contributed by atoms with Crippen molar-refractivity contribution >= 4 is 38.6 Å². The number of nitrogens with zero attached hydrogens (tertiary/aromatic N) is 2. The summed E-state index contributed by atoms with van der Waals surface area (Å²) < 4.78 is 2.75. The molecule has 1 atom stereocenters. The minimum atomic E-state index is -0.750. The van der Waals surface area contributed by atoms with Crippen LogP contribution in [0.15, 0.2) is 46.9 Å². The number of aromatic nitrogens is 2. The lowest BCUT2D eigenvalue weighted by Crippen LogP contribution is -2.20. The smallest absolute Gasteiger partial charge is 0.244 e. The van der Waals surface area contributed by atoms with E-state index in [0.29, 0.717) is 5.82 Å². The van der Waals surface area contributed by atoms with Crippen LogP contribution in [-0.4, -0.2) is 20.6 Å². The normalized spacial score (nSPS) is 12.3. The number of nitrogens with one attached hydrogen (secondary N) is 1. The summed E-state index contributed by atoms with van der Waals surface area (Å²) in [6.07, 6.45) is -0.750. The Kier molecular flexibility index (Phi) is 4.69. The topological polar surface area (TPSA) is 67.2 Å². The van der Waals surface area contributed by atoms with E-state index < -0.39 is 6.10 Å². The first-order valence-corrected chi connectivity index (χ1v) is 8.44. The van der Waals surface area contributed by atoms with Crippen molar-refractivity contribution in [3.8, 4) is 0 Å². The first kappa shape index (κ1) is 16.7. The number of para-hydroxylation sites is 2. The lowest BCUT2D eigenvalue weighted by atomic mass is 10.2. The number of aliphatic hydroxyl groups excluding tert-OH is 1. The van der Waals surface area contributed by atoms with Gasteiger partial charge >= 0.3 is 0 Å². The highest BCUT2D eigenvalue weighted by molar-refractivity contribution is 9.10. The van der Waals surface area contributed by atoms with Crippen LogP contribution >= 0.6 is 15.9 Å². The van der Waals surface area contributed by atoms with Gasteiger partial charge in [-0.25, -0.2) is 4.98 Å². The number of carbonyl (C=O) groups is 1. The lowest BCUT2D eigenvalue weighted by molar-refractivity contribution is -0.116. The second kappa shape index (κ2) is 6.75. The monoisotopic (exact) mass is 387 g/mol. The maximum atomic E-state index is 12.4. The molecule has 5 nitrogen and oxygen atoms in total. The highest BCUT2D eigenvalue weighted by Gasteiger charge is 2.17. The van der Waals surface area contributed by atoms with E-state index in [0.717, 1.165) is 26.8 Å². The lowest BCUT2D eigenvalue weighted by Gasteiger charge is -2.12. The molecule has 1 amide bonds. The number of halogens is 1. The summed E-state index contributed by atoms with van der Waals surface area (Å²) in [7, 11) is 0. The largest absolute Gasteiger partial charge is 0.385 e. The van der Waals surface area contributed by atoms with Crippen LogP contribution in [0.4, 0.5) is 5.69 Å². The highest BCUT2D eigenvalue weighted by atomic mass is 79.9. The number of benzene rings is 2. The number of carbonyl (C=O) groups excluding carboxylic acids is 1. The molecule has 0 saturated heterocycles. The zero-order valence-corrected chi connectivity index (χ0v) is 15.0. The van der Waals surface area contributed by atoms with Crippen molar-refractivity contribution in [3.63, 3.8) is 0 Å². The van der Waals surface area contributed by atoms with Crippen LogP contribution in [0, 0.1) is 6.92 Å². The Bertz CT molecular complexity index is 902. The molecule has 0 aliphatic heterocycles. The van der Waals surface area contributed by atoms with Crippen molar-refractivity contribution in [2.45, 2.75) is 26.5 Å². The molecule has 124 valence electrons. The number of fused-ring (bicyclic) bond motifs is 1. The summed E-state index contributed by atoms with van der Waals surface area (Å²) >= 11 is 3.44. The number of aliphatic hydroxyl groups is 1. The Morgan fingerprint density at radius 3 is 2.79 bits per heavy atom. The number of amides is 1. The minimum Gasteiger partial charge on any atom is -0.385 e. The fraction of sp³-hybridized carbons (Fsp3) is 0.222. The number of rotatable bonds is 4. The third-order valence-electron chi connectivity index (χ3n) is 3.80. The first-order chi connectivity index (χ1) is 11.5. The van der Waals surface area contributed by atoms with Gasteiger partial charge in [-0.3, -0.25) is 4.79 Å². The zero-order chi connectivity index (χ0) is 17.3. The predicted molar refractivity (Wildman–Crippen MR) is 97.9 cm³/mol. The first-order valence-electron chi connectivity index (χ1n) is 7.65. The van der Waals surface area contributed by atoms with Gasteiger partial charge in [-0.1, -0.05) is 28.1 Å². The summed E-state index contributed by atoms with van der Waals surface area (Å²) in [5.74, 6) is 0.320. The number of hydrogen-bond donors (Lipinski definition) is 2. The molecular formula is C18H18BrN3O2. The summed E-state index contributed by atoms with van der Waals surface area (Å²) in [6.45, 7) is 3.71. The highest BCUT2D eigenvalue weighted by Crippen LogP contribution is 2.22. The maximum absolute atomic E-state index is 12.4. The van der Waals surface area contributed by atoms with Crippen molar-refractivity contribution in [3.05, 3.63) is 58.3 Å². The molecule has 1 aromatic heterocycles. The van der Waals surface area contributed by atoms with Crippen molar-refractivity contribution in [2.24, 2.45) is 0 Å². The molecule has 0 saturated carbocycles.